The second kappa shape index (κ2) is 6.71. The molecule has 1 amide bonds. The highest BCUT2D eigenvalue weighted by Gasteiger charge is 2.18. The number of aliphatic hydroxyl groups excluding tert-OH is 1. The molecule has 0 aromatic heterocycles. The Kier molecular flexibility index (Phi) is 5.56. The molecule has 0 bridgehead atoms. The molecule has 2 unspecified atom stereocenters. The Bertz CT molecular complexity index is 425. The van der Waals surface area contributed by atoms with Crippen molar-refractivity contribution in [3.05, 3.63) is 34.6 Å². The molecule has 3 nitrogen and oxygen atoms in total. The molecule has 0 spiro atoms. The number of halogens is 2. The Labute approximate surface area is 111 Å². The van der Waals surface area contributed by atoms with Crippen molar-refractivity contribution in [2.45, 2.75) is 26.3 Å². The van der Waals surface area contributed by atoms with E-state index in [1.165, 1.54) is 18.2 Å². The summed E-state index contributed by atoms with van der Waals surface area (Å²) < 4.78 is 13.0. The highest BCUT2D eigenvalue weighted by atomic mass is 35.5. The number of carbonyl (C=O) groups excluding carboxylic acids is 1. The van der Waals surface area contributed by atoms with E-state index in [0.29, 0.717) is 12.0 Å². The normalized spacial score (nSPS) is 14.1. The van der Waals surface area contributed by atoms with Gasteiger partial charge in [-0.1, -0.05) is 31.5 Å². The second-order valence-electron chi connectivity index (χ2n) is 4.23. The van der Waals surface area contributed by atoms with E-state index >= 15 is 0 Å². The molecule has 0 aliphatic heterocycles. The highest BCUT2D eigenvalue weighted by Crippen LogP contribution is 2.21. The van der Waals surface area contributed by atoms with Crippen molar-refractivity contribution in [3.63, 3.8) is 0 Å². The zero-order valence-electron chi connectivity index (χ0n) is 10.4. The summed E-state index contributed by atoms with van der Waals surface area (Å²) in [6, 6.07) is 3.56. The molecule has 0 aliphatic rings. The molecule has 0 saturated heterocycles. The van der Waals surface area contributed by atoms with Gasteiger partial charge in [-0.3, -0.25) is 4.79 Å². The van der Waals surface area contributed by atoms with Crippen molar-refractivity contribution in [2.75, 3.05) is 6.61 Å². The van der Waals surface area contributed by atoms with Crippen molar-refractivity contribution in [1.29, 1.82) is 0 Å². The average Bonchev–Trinajstić information content (AvgIpc) is 2.38. The summed E-state index contributed by atoms with van der Waals surface area (Å²) in [7, 11) is 0. The summed E-state index contributed by atoms with van der Waals surface area (Å²) in [6.45, 7) is 3.46. The molecular weight excluding hydrogens is 257 g/mol. The molecule has 0 aliphatic carbocycles. The van der Waals surface area contributed by atoms with E-state index < -0.39 is 11.9 Å². The van der Waals surface area contributed by atoms with Gasteiger partial charge in [0.2, 0.25) is 5.91 Å². The van der Waals surface area contributed by atoms with Gasteiger partial charge in [-0.15, -0.1) is 0 Å². The number of carbonyl (C=O) groups is 1. The van der Waals surface area contributed by atoms with Crippen LogP contribution in [-0.2, 0) is 4.79 Å². The van der Waals surface area contributed by atoms with Crippen molar-refractivity contribution in [2.24, 2.45) is 5.92 Å². The Morgan fingerprint density at radius 1 is 1.56 bits per heavy atom. The largest absolute Gasteiger partial charge is 0.394 e. The third-order valence-electron chi connectivity index (χ3n) is 2.91. The number of hydrogen-bond donors (Lipinski definition) is 2. The summed E-state index contributed by atoms with van der Waals surface area (Å²) in [5, 5.41) is 12.0. The quantitative estimate of drug-likeness (QED) is 0.867. The number of hydrogen-bond acceptors (Lipinski definition) is 2. The van der Waals surface area contributed by atoms with Gasteiger partial charge in [-0.2, -0.15) is 0 Å². The Balaban J connectivity index is 2.83. The van der Waals surface area contributed by atoms with E-state index in [-0.39, 0.29) is 23.5 Å². The predicted octanol–water partition coefficient (Wildman–Crippen LogP) is 2.67. The molecule has 1 rings (SSSR count). The summed E-state index contributed by atoms with van der Waals surface area (Å²) >= 11 is 5.67. The van der Waals surface area contributed by atoms with Crippen LogP contribution in [0.25, 0.3) is 0 Å². The minimum atomic E-state index is -0.565. The fraction of sp³-hybridized carbons (Fsp3) is 0.462. The van der Waals surface area contributed by atoms with Gasteiger partial charge in [0.25, 0.3) is 0 Å². The predicted molar refractivity (Wildman–Crippen MR) is 68.8 cm³/mol. The van der Waals surface area contributed by atoms with Crippen LogP contribution in [0.2, 0.25) is 5.02 Å². The molecule has 1 aromatic rings. The Hall–Kier alpha value is -1.13. The molecule has 0 fully saturated rings. The summed E-state index contributed by atoms with van der Waals surface area (Å²) in [4.78, 5) is 11.7. The van der Waals surface area contributed by atoms with Gasteiger partial charge in [0.15, 0.2) is 0 Å². The second-order valence-corrected chi connectivity index (χ2v) is 4.63. The molecular formula is C13H17ClFNO2. The maximum atomic E-state index is 13.0. The summed E-state index contributed by atoms with van der Waals surface area (Å²) in [5.41, 5.74) is 0.584. The molecule has 0 radical (unpaired) electrons. The first-order chi connectivity index (χ1) is 8.49. The van der Waals surface area contributed by atoms with Crippen molar-refractivity contribution in [1.82, 2.24) is 5.32 Å². The molecule has 2 N–H and O–H groups in total. The monoisotopic (exact) mass is 273 g/mol. The molecule has 0 saturated carbocycles. The van der Waals surface area contributed by atoms with Gasteiger partial charge in [0.05, 0.1) is 17.7 Å². The zero-order chi connectivity index (χ0) is 13.7. The first-order valence-corrected chi connectivity index (χ1v) is 6.23. The van der Waals surface area contributed by atoms with Crippen molar-refractivity contribution in [3.8, 4) is 0 Å². The lowest BCUT2D eigenvalue weighted by atomic mass is 10.0. The first-order valence-electron chi connectivity index (χ1n) is 5.85. The molecule has 18 heavy (non-hydrogen) atoms. The fourth-order valence-electron chi connectivity index (χ4n) is 1.46. The SMILES string of the molecule is CCC(C)C(=O)NC(CO)c1ccc(F)c(Cl)c1. The number of benzene rings is 1. The Morgan fingerprint density at radius 2 is 2.22 bits per heavy atom. The van der Waals surface area contributed by atoms with E-state index in [1.54, 1.807) is 6.92 Å². The van der Waals surface area contributed by atoms with Gasteiger partial charge in [0, 0.05) is 5.92 Å². The molecule has 100 valence electrons. The van der Waals surface area contributed by atoms with Crippen LogP contribution < -0.4 is 5.32 Å². The number of rotatable bonds is 5. The van der Waals surface area contributed by atoms with E-state index in [1.807, 2.05) is 6.92 Å². The van der Waals surface area contributed by atoms with Crippen molar-refractivity contribution >= 4 is 17.5 Å². The van der Waals surface area contributed by atoms with Crippen LogP contribution in [0.5, 0.6) is 0 Å². The standard InChI is InChI=1S/C13H17ClFNO2/c1-3-8(2)13(18)16-12(7-17)9-4-5-11(15)10(14)6-9/h4-6,8,12,17H,3,7H2,1-2H3,(H,16,18). The zero-order valence-corrected chi connectivity index (χ0v) is 11.2. The first kappa shape index (κ1) is 14.9. The summed E-state index contributed by atoms with van der Waals surface area (Å²) in [5.74, 6) is -0.794. The lowest BCUT2D eigenvalue weighted by molar-refractivity contribution is -0.125. The average molecular weight is 274 g/mol. The lowest BCUT2D eigenvalue weighted by Crippen LogP contribution is -2.34. The number of amides is 1. The van der Waals surface area contributed by atoms with Crippen LogP contribution in [0.15, 0.2) is 18.2 Å². The van der Waals surface area contributed by atoms with Gasteiger partial charge >= 0.3 is 0 Å². The topological polar surface area (TPSA) is 49.3 Å². The summed E-state index contributed by atoms with van der Waals surface area (Å²) in [6.07, 6.45) is 0.716. The highest BCUT2D eigenvalue weighted by molar-refractivity contribution is 6.30. The Morgan fingerprint density at radius 3 is 2.72 bits per heavy atom. The van der Waals surface area contributed by atoms with Crippen LogP contribution in [0.4, 0.5) is 4.39 Å². The van der Waals surface area contributed by atoms with E-state index in [4.69, 9.17) is 11.6 Å². The number of aliphatic hydroxyl groups is 1. The molecule has 1 aromatic carbocycles. The molecule has 0 heterocycles. The van der Waals surface area contributed by atoms with Crippen molar-refractivity contribution < 1.29 is 14.3 Å². The smallest absolute Gasteiger partial charge is 0.223 e. The van der Waals surface area contributed by atoms with Gasteiger partial charge in [0.1, 0.15) is 5.82 Å². The maximum absolute atomic E-state index is 13.0. The third-order valence-corrected chi connectivity index (χ3v) is 3.19. The van der Waals surface area contributed by atoms with Crippen LogP contribution in [-0.4, -0.2) is 17.6 Å². The van der Waals surface area contributed by atoms with Crippen LogP contribution in [0.3, 0.4) is 0 Å². The molecule has 5 heteroatoms. The third kappa shape index (κ3) is 3.68. The maximum Gasteiger partial charge on any atom is 0.223 e. The van der Waals surface area contributed by atoms with E-state index in [2.05, 4.69) is 5.32 Å². The van der Waals surface area contributed by atoms with Crippen LogP contribution in [0, 0.1) is 11.7 Å². The fourth-order valence-corrected chi connectivity index (χ4v) is 1.65. The minimum Gasteiger partial charge on any atom is -0.394 e. The molecule has 2 atom stereocenters. The van der Waals surface area contributed by atoms with E-state index in [9.17, 15) is 14.3 Å². The number of nitrogens with one attached hydrogen (secondary N) is 1. The lowest BCUT2D eigenvalue weighted by Gasteiger charge is -2.19. The van der Waals surface area contributed by atoms with Gasteiger partial charge < -0.3 is 10.4 Å². The van der Waals surface area contributed by atoms with Gasteiger partial charge in [-0.05, 0) is 24.1 Å². The van der Waals surface area contributed by atoms with E-state index in [0.717, 1.165) is 0 Å². The van der Waals surface area contributed by atoms with Gasteiger partial charge in [-0.25, -0.2) is 4.39 Å². The van der Waals surface area contributed by atoms with Crippen LogP contribution in [0.1, 0.15) is 31.9 Å². The van der Waals surface area contributed by atoms with Crippen LogP contribution >= 0.6 is 11.6 Å². The minimum absolute atomic E-state index is 0.0243.